The number of nitrogens with zero attached hydrogens (tertiary/aromatic N) is 4. The third-order valence-electron chi connectivity index (χ3n) is 3.55. The van der Waals surface area contributed by atoms with Gasteiger partial charge in [-0.15, -0.1) is 0 Å². The average Bonchev–Trinajstić information content (AvgIpc) is 3.18. The largest absolute Gasteiger partial charge is 0.330 e. The smallest absolute Gasteiger partial charge is 0.323 e. The molecule has 6 nitrogen and oxygen atoms in total. The second-order valence-electron chi connectivity index (χ2n) is 5.01. The molecule has 1 fully saturated rings. The van der Waals surface area contributed by atoms with E-state index in [9.17, 15) is 9.59 Å². The zero-order chi connectivity index (χ0) is 14.3. The Balaban J connectivity index is 1.83. The van der Waals surface area contributed by atoms with Gasteiger partial charge in [-0.05, 0) is 12.8 Å². The SMILES string of the molecule is Cn1c(CSc2nccn2C2CC2)cc(=O)n(C)c1=O. The van der Waals surface area contributed by atoms with E-state index in [2.05, 4.69) is 9.55 Å². The molecule has 1 aliphatic carbocycles. The van der Waals surface area contributed by atoms with Crippen LogP contribution in [0.2, 0.25) is 0 Å². The number of hydrogen-bond acceptors (Lipinski definition) is 4. The van der Waals surface area contributed by atoms with Crippen LogP contribution in [0.1, 0.15) is 24.6 Å². The van der Waals surface area contributed by atoms with Crippen molar-refractivity contribution >= 4 is 11.8 Å². The number of aromatic nitrogens is 4. The van der Waals surface area contributed by atoms with Gasteiger partial charge in [0.2, 0.25) is 0 Å². The molecule has 0 atom stereocenters. The topological polar surface area (TPSA) is 61.8 Å². The van der Waals surface area contributed by atoms with Crippen LogP contribution in [0.3, 0.4) is 0 Å². The first kappa shape index (κ1) is 13.2. The lowest BCUT2D eigenvalue weighted by Gasteiger charge is -2.09. The number of hydrogen-bond donors (Lipinski definition) is 0. The Morgan fingerprint density at radius 1 is 1.30 bits per heavy atom. The molecule has 0 aromatic carbocycles. The molecule has 0 aliphatic heterocycles. The van der Waals surface area contributed by atoms with E-state index in [1.807, 2.05) is 6.20 Å². The summed E-state index contributed by atoms with van der Waals surface area (Å²) in [4.78, 5) is 27.9. The normalized spacial score (nSPS) is 14.7. The van der Waals surface area contributed by atoms with Crippen LogP contribution in [-0.4, -0.2) is 18.7 Å². The highest BCUT2D eigenvalue weighted by Crippen LogP contribution is 2.38. The lowest BCUT2D eigenvalue weighted by molar-refractivity contribution is 0.656. The summed E-state index contributed by atoms with van der Waals surface area (Å²) in [7, 11) is 3.17. The van der Waals surface area contributed by atoms with Gasteiger partial charge in [-0.1, -0.05) is 11.8 Å². The van der Waals surface area contributed by atoms with Gasteiger partial charge in [0.25, 0.3) is 5.56 Å². The summed E-state index contributed by atoms with van der Waals surface area (Å²) >= 11 is 1.56. The minimum atomic E-state index is -0.293. The Bertz CT molecular complexity index is 754. The second-order valence-corrected chi connectivity index (χ2v) is 5.95. The summed E-state index contributed by atoms with van der Waals surface area (Å²) in [6.45, 7) is 0. The Kier molecular flexibility index (Phi) is 3.29. The monoisotopic (exact) mass is 292 g/mol. The third-order valence-corrected chi connectivity index (χ3v) is 4.56. The van der Waals surface area contributed by atoms with Gasteiger partial charge in [-0.25, -0.2) is 9.78 Å². The molecular weight excluding hydrogens is 276 g/mol. The molecule has 0 radical (unpaired) electrons. The molecule has 1 aliphatic rings. The third kappa shape index (κ3) is 2.33. The van der Waals surface area contributed by atoms with Crippen molar-refractivity contribution < 1.29 is 0 Å². The van der Waals surface area contributed by atoms with Crippen LogP contribution in [0, 0.1) is 0 Å². The Labute approximate surface area is 120 Å². The molecule has 106 valence electrons. The molecule has 3 rings (SSSR count). The summed E-state index contributed by atoms with van der Waals surface area (Å²) in [6.07, 6.45) is 6.19. The van der Waals surface area contributed by atoms with Gasteiger partial charge in [0.05, 0.1) is 0 Å². The number of imidazole rings is 1. The van der Waals surface area contributed by atoms with Crippen LogP contribution in [0.15, 0.2) is 33.2 Å². The van der Waals surface area contributed by atoms with E-state index in [0.29, 0.717) is 17.5 Å². The van der Waals surface area contributed by atoms with E-state index >= 15 is 0 Å². The molecule has 0 amide bonds. The standard InChI is InChI=1S/C13H16N4O2S/c1-15-10(7-11(18)16(2)13(15)19)8-20-12-14-5-6-17(12)9-3-4-9/h5-7,9H,3-4,8H2,1-2H3. The van der Waals surface area contributed by atoms with E-state index in [4.69, 9.17) is 0 Å². The van der Waals surface area contributed by atoms with Gasteiger partial charge in [0, 0.05) is 50.0 Å². The molecule has 0 N–H and O–H groups in total. The summed E-state index contributed by atoms with van der Waals surface area (Å²) in [5.41, 5.74) is 0.154. The Morgan fingerprint density at radius 3 is 2.75 bits per heavy atom. The first-order valence-corrected chi connectivity index (χ1v) is 7.48. The molecule has 0 spiro atoms. The predicted molar refractivity (Wildman–Crippen MR) is 77.0 cm³/mol. The van der Waals surface area contributed by atoms with Crippen molar-refractivity contribution in [1.29, 1.82) is 0 Å². The second kappa shape index (κ2) is 4.97. The van der Waals surface area contributed by atoms with E-state index in [0.717, 1.165) is 9.72 Å². The highest BCUT2D eigenvalue weighted by atomic mass is 32.2. The van der Waals surface area contributed by atoms with Crippen LogP contribution in [0.25, 0.3) is 0 Å². The zero-order valence-electron chi connectivity index (χ0n) is 11.4. The first-order valence-electron chi connectivity index (χ1n) is 6.49. The van der Waals surface area contributed by atoms with Crippen LogP contribution < -0.4 is 11.2 Å². The van der Waals surface area contributed by atoms with Crippen molar-refractivity contribution in [2.24, 2.45) is 14.1 Å². The zero-order valence-corrected chi connectivity index (χ0v) is 12.3. The molecule has 0 bridgehead atoms. The Morgan fingerprint density at radius 2 is 2.05 bits per heavy atom. The van der Waals surface area contributed by atoms with Crippen molar-refractivity contribution in [1.82, 2.24) is 18.7 Å². The first-order chi connectivity index (χ1) is 9.58. The lowest BCUT2D eigenvalue weighted by atomic mass is 10.4. The van der Waals surface area contributed by atoms with Crippen molar-refractivity contribution in [2.45, 2.75) is 29.8 Å². The van der Waals surface area contributed by atoms with E-state index < -0.39 is 0 Å². The fraction of sp³-hybridized carbons (Fsp3) is 0.462. The number of rotatable bonds is 4. The highest BCUT2D eigenvalue weighted by molar-refractivity contribution is 7.98. The highest BCUT2D eigenvalue weighted by Gasteiger charge is 2.25. The maximum Gasteiger partial charge on any atom is 0.330 e. The lowest BCUT2D eigenvalue weighted by Crippen LogP contribution is -2.37. The summed E-state index contributed by atoms with van der Waals surface area (Å²) < 4.78 is 4.79. The number of thioether (sulfide) groups is 1. The Hall–Kier alpha value is -1.76. The summed E-state index contributed by atoms with van der Waals surface area (Å²) in [6, 6.07) is 2.09. The van der Waals surface area contributed by atoms with Gasteiger partial charge in [0.1, 0.15) is 0 Å². The maximum atomic E-state index is 11.9. The predicted octanol–water partition coefficient (Wildman–Crippen LogP) is 0.908. The average molecular weight is 292 g/mol. The van der Waals surface area contributed by atoms with Crippen molar-refractivity contribution in [3.8, 4) is 0 Å². The summed E-state index contributed by atoms with van der Waals surface area (Å²) in [5, 5.41) is 0.945. The van der Waals surface area contributed by atoms with E-state index in [1.165, 1.54) is 30.5 Å². The van der Waals surface area contributed by atoms with Crippen LogP contribution in [0.4, 0.5) is 0 Å². The molecular formula is C13H16N4O2S. The maximum absolute atomic E-state index is 11.9. The molecule has 2 aromatic rings. The molecule has 7 heteroatoms. The van der Waals surface area contributed by atoms with Crippen LogP contribution in [-0.2, 0) is 19.8 Å². The summed E-state index contributed by atoms with van der Waals surface area (Å²) in [5.74, 6) is 0.561. The van der Waals surface area contributed by atoms with Crippen molar-refractivity contribution in [3.05, 3.63) is 45.0 Å². The minimum Gasteiger partial charge on any atom is -0.323 e. The minimum absolute atomic E-state index is 0.269. The molecule has 0 saturated heterocycles. The molecule has 0 unspecified atom stereocenters. The fourth-order valence-corrected chi connectivity index (χ4v) is 3.15. The fourth-order valence-electron chi connectivity index (χ4n) is 2.10. The quantitative estimate of drug-likeness (QED) is 0.786. The van der Waals surface area contributed by atoms with Crippen molar-refractivity contribution in [2.75, 3.05) is 0 Å². The molecule has 2 aromatic heterocycles. The van der Waals surface area contributed by atoms with Gasteiger partial charge < -0.3 is 4.57 Å². The van der Waals surface area contributed by atoms with Gasteiger partial charge in [0.15, 0.2) is 5.16 Å². The molecule has 20 heavy (non-hydrogen) atoms. The van der Waals surface area contributed by atoms with E-state index in [1.54, 1.807) is 25.0 Å². The van der Waals surface area contributed by atoms with Crippen LogP contribution in [0.5, 0.6) is 0 Å². The van der Waals surface area contributed by atoms with Crippen molar-refractivity contribution in [3.63, 3.8) is 0 Å². The van der Waals surface area contributed by atoms with Crippen LogP contribution >= 0.6 is 11.8 Å². The van der Waals surface area contributed by atoms with Gasteiger partial charge in [-0.3, -0.25) is 13.9 Å². The molecule has 2 heterocycles. The van der Waals surface area contributed by atoms with Gasteiger partial charge in [-0.2, -0.15) is 0 Å². The van der Waals surface area contributed by atoms with E-state index in [-0.39, 0.29) is 11.2 Å². The molecule has 1 saturated carbocycles. The van der Waals surface area contributed by atoms with Gasteiger partial charge >= 0.3 is 5.69 Å².